The Kier molecular flexibility index (Phi) is 4.76. The highest BCUT2D eigenvalue weighted by Gasteiger charge is 2.14. The van der Waals surface area contributed by atoms with Crippen LogP contribution in [0.1, 0.15) is 43.8 Å². The maximum absolute atomic E-state index is 4.27. The van der Waals surface area contributed by atoms with Crippen molar-refractivity contribution < 1.29 is 0 Å². The van der Waals surface area contributed by atoms with Gasteiger partial charge in [0.1, 0.15) is 5.82 Å². The summed E-state index contributed by atoms with van der Waals surface area (Å²) in [5, 5.41) is 15.0. The number of hydrogen-bond acceptors (Lipinski definition) is 3. The Morgan fingerprint density at radius 1 is 1.32 bits per heavy atom. The van der Waals surface area contributed by atoms with Crippen LogP contribution in [0.4, 0.5) is 0 Å². The molecule has 1 aromatic heterocycles. The largest absolute Gasteiger partial charge is 0.354 e. The molecule has 0 saturated heterocycles. The van der Waals surface area contributed by atoms with Crippen molar-refractivity contribution in [1.29, 1.82) is 0 Å². The van der Waals surface area contributed by atoms with Crippen molar-refractivity contribution in [3.05, 3.63) is 11.6 Å². The van der Waals surface area contributed by atoms with Crippen molar-refractivity contribution in [2.24, 2.45) is 12.0 Å². The Balaban J connectivity index is 1.84. The van der Waals surface area contributed by atoms with Crippen LogP contribution in [0.3, 0.4) is 0 Å². The lowest BCUT2D eigenvalue weighted by Gasteiger charge is -2.24. The van der Waals surface area contributed by atoms with Crippen LogP contribution in [-0.4, -0.2) is 33.8 Å². The molecule has 2 rings (SSSR count). The number of guanidine groups is 1. The van der Waals surface area contributed by atoms with Crippen molar-refractivity contribution in [2.45, 2.75) is 51.6 Å². The topological polar surface area (TPSA) is 67.1 Å². The summed E-state index contributed by atoms with van der Waals surface area (Å²) in [6, 6.07) is 0.557. The van der Waals surface area contributed by atoms with Crippen molar-refractivity contribution in [2.75, 3.05) is 7.05 Å². The molecule has 1 fully saturated rings. The average molecular weight is 264 g/mol. The third-order valence-electron chi connectivity index (χ3n) is 3.77. The van der Waals surface area contributed by atoms with E-state index in [0.29, 0.717) is 12.6 Å². The van der Waals surface area contributed by atoms with Crippen LogP contribution in [-0.2, 0) is 13.6 Å². The molecule has 0 atom stereocenters. The predicted molar refractivity (Wildman–Crippen MR) is 75.9 cm³/mol. The molecule has 0 aliphatic heterocycles. The molecule has 1 aliphatic carbocycles. The maximum Gasteiger partial charge on any atom is 0.191 e. The first-order chi connectivity index (χ1) is 9.20. The highest BCUT2D eigenvalue weighted by atomic mass is 15.3. The molecule has 1 aromatic rings. The Labute approximate surface area is 114 Å². The van der Waals surface area contributed by atoms with E-state index in [1.807, 2.05) is 18.5 Å². The molecule has 2 N–H and O–H groups in total. The van der Waals surface area contributed by atoms with Gasteiger partial charge < -0.3 is 15.2 Å². The summed E-state index contributed by atoms with van der Waals surface area (Å²) in [6.07, 6.45) is 6.48. The summed E-state index contributed by atoms with van der Waals surface area (Å²) >= 11 is 0. The summed E-state index contributed by atoms with van der Waals surface area (Å²) in [5.74, 6) is 2.70. The molecule has 0 bridgehead atoms. The zero-order valence-electron chi connectivity index (χ0n) is 12.1. The molecule has 1 saturated carbocycles. The van der Waals surface area contributed by atoms with E-state index in [-0.39, 0.29) is 0 Å². The molecule has 0 radical (unpaired) electrons. The van der Waals surface area contributed by atoms with Gasteiger partial charge in [-0.3, -0.25) is 4.99 Å². The van der Waals surface area contributed by atoms with Crippen LogP contribution in [0.25, 0.3) is 0 Å². The summed E-state index contributed by atoms with van der Waals surface area (Å²) < 4.78 is 1.99. The van der Waals surface area contributed by atoms with E-state index in [1.165, 1.54) is 32.1 Å². The fraction of sp³-hybridized carbons (Fsp3) is 0.769. The minimum absolute atomic E-state index is 0.557. The number of aromatic nitrogens is 3. The predicted octanol–water partition coefficient (Wildman–Crippen LogP) is 1.12. The van der Waals surface area contributed by atoms with Crippen LogP contribution in [0.2, 0.25) is 0 Å². The summed E-state index contributed by atoms with van der Waals surface area (Å²) in [7, 11) is 3.78. The number of hydrogen-bond donors (Lipinski definition) is 2. The lowest BCUT2D eigenvalue weighted by atomic mass is 9.96. The van der Waals surface area contributed by atoms with Crippen molar-refractivity contribution in [1.82, 2.24) is 25.4 Å². The van der Waals surface area contributed by atoms with Crippen LogP contribution >= 0.6 is 0 Å². The van der Waals surface area contributed by atoms with Gasteiger partial charge >= 0.3 is 0 Å². The Hall–Kier alpha value is -1.59. The van der Waals surface area contributed by atoms with Gasteiger partial charge in [-0.25, -0.2) is 0 Å². The minimum Gasteiger partial charge on any atom is -0.354 e. The molecule has 0 amide bonds. The first kappa shape index (κ1) is 13.8. The van der Waals surface area contributed by atoms with Crippen molar-refractivity contribution >= 4 is 5.96 Å². The molecular weight excluding hydrogens is 240 g/mol. The number of nitrogens with one attached hydrogen (secondary N) is 2. The zero-order chi connectivity index (χ0) is 13.7. The number of aliphatic imine (C=N–C) groups is 1. The molecule has 0 unspecified atom stereocenters. The van der Waals surface area contributed by atoms with Gasteiger partial charge in [-0.15, -0.1) is 10.2 Å². The normalized spacial score (nSPS) is 17.5. The third kappa shape index (κ3) is 3.68. The van der Waals surface area contributed by atoms with Crippen LogP contribution in [0.5, 0.6) is 0 Å². The Morgan fingerprint density at radius 2 is 2.05 bits per heavy atom. The van der Waals surface area contributed by atoms with Gasteiger partial charge in [0.2, 0.25) is 0 Å². The monoisotopic (exact) mass is 264 g/mol. The highest BCUT2D eigenvalue weighted by molar-refractivity contribution is 5.79. The minimum atomic E-state index is 0.557. The molecule has 0 spiro atoms. The fourth-order valence-electron chi connectivity index (χ4n) is 2.40. The maximum atomic E-state index is 4.27. The van der Waals surface area contributed by atoms with Gasteiger partial charge in [-0.1, -0.05) is 19.3 Å². The van der Waals surface area contributed by atoms with Gasteiger partial charge in [-0.2, -0.15) is 0 Å². The molecule has 1 aliphatic rings. The van der Waals surface area contributed by atoms with Crippen LogP contribution < -0.4 is 10.6 Å². The second-order valence-electron chi connectivity index (χ2n) is 5.13. The van der Waals surface area contributed by atoms with E-state index < -0.39 is 0 Å². The van der Waals surface area contributed by atoms with E-state index in [2.05, 4.69) is 25.8 Å². The Morgan fingerprint density at radius 3 is 2.63 bits per heavy atom. The highest BCUT2D eigenvalue weighted by Crippen LogP contribution is 2.17. The SMILES string of the molecule is CN=C(NCc1nnc(C)n1C)NC1CCCCC1. The number of rotatable bonds is 3. The van der Waals surface area contributed by atoms with E-state index in [4.69, 9.17) is 0 Å². The average Bonchev–Trinajstić information content (AvgIpc) is 2.76. The first-order valence-electron chi connectivity index (χ1n) is 7.02. The fourth-order valence-corrected chi connectivity index (χ4v) is 2.40. The van der Waals surface area contributed by atoms with E-state index >= 15 is 0 Å². The van der Waals surface area contributed by atoms with Crippen molar-refractivity contribution in [3.8, 4) is 0 Å². The molecule has 6 nitrogen and oxygen atoms in total. The lowest BCUT2D eigenvalue weighted by Crippen LogP contribution is -2.44. The molecule has 106 valence electrons. The smallest absolute Gasteiger partial charge is 0.191 e. The van der Waals surface area contributed by atoms with Crippen LogP contribution in [0.15, 0.2) is 4.99 Å². The quantitative estimate of drug-likeness (QED) is 0.634. The van der Waals surface area contributed by atoms with Gasteiger partial charge in [0.15, 0.2) is 11.8 Å². The van der Waals surface area contributed by atoms with Crippen LogP contribution in [0, 0.1) is 6.92 Å². The van der Waals surface area contributed by atoms with Crippen molar-refractivity contribution in [3.63, 3.8) is 0 Å². The third-order valence-corrected chi connectivity index (χ3v) is 3.77. The second-order valence-corrected chi connectivity index (χ2v) is 5.13. The standard InChI is InChI=1S/C13H24N6/c1-10-17-18-12(19(10)3)9-15-13(14-2)16-11-7-5-4-6-8-11/h11H,4-9H2,1-3H3,(H2,14,15,16). The van der Waals surface area contributed by atoms with Gasteiger partial charge in [0.25, 0.3) is 0 Å². The second kappa shape index (κ2) is 6.54. The first-order valence-corrected chi connectivity index (χ1v) is 7.02. The summed E-state index contributed by atoms with van der Waals surface area (Å²) in [4.78, 5) is 4.27. The van der Waals surface area contributed by atoms with Gasteiger partial charge in [0.05, 0.1) is 6.54 Å². The molecule has 0 aromatic carbocycles. The molecular formula is C13H24N6. The molecule has 19 heavy (non-hydrogen) atoms. The number of aryl methyl sites for hydroxylation is 1. The van der Waals surface area contributed by atoms with E-state index in [9.17, 15) is 0 Å². The summed E-state index contributed by atoms with van der Waals surface area (Å²) in [5.41, 5.74) is 0. The van der Waals surface area contributed by atoms with Gasteiger partial charge in [-0.05, 0) is 19.8 Å². The number of nitrogens with zero attached hydrogens (tertiary/aromatic N) is 4. The van der Waals surface area contributed by atoms with E-state index in [0.717, 1.165) is 17.6 Å². The van der Waals surface area contributed by atoms with Gasteiger partial charge in [0, 0.05) is 20.1 Å². The van der Waals surface area contributed by atoms with E-state index in [1.54, 1.807) is 7.05 Å². The zero-order valence-corrected chi connectivity index (χ0v) is 12.1. The summed E-state index contributed by atoms with van der Waals surface area (Å²) in [6.45, 7) is 2.59. The Bertz CT molecular complexity index is 430. The molecule has 1 heterocycles. The molecule has 6 heteroatoms. The lowest BCUT2D eigenvalue weighted by molar-refractivity contribution is 0.410.